The zero-order valence-electron chi connectivity index (χ0n) is 12.6. The van der Waals surface area contributed by atoms with Gasteiger partial charge in [-0.15, -0.1) is 0 Å². The van der Waals surface area contributed by atoms with Crippen molar-refractivity contribution in [2.24, 2.45) is 0 Å². The topological polar surface area (TPSA) is 107 Å². The number of alkyl halides is 3. The van der Waals surface area contributed by atoms with Crippen molar-refractivity contribution >= 4 is 21.9 Å². The quantitative estimate of drug-likeness (QED) is 0.718. The maximum Gasteiger partial charge on any atom is 0.420 e. The first kappa shape index (κ1) is 19.8. The summed E-state index contributed by atoms with van der Waals surface area (Å²) in [5.74, 6) is -0.875. The molecule has 24 heavy (non-hydrogen) atoms. The molecule has 1 amide bonds. The maximum atomic E-state index is 12.1. The molecule has 0 radical (unpaired) electrons. The number of anilines is 1. The van der Waals surface area contributed by atoms with Crippen molar-refractivity contribution in [2.75, 3.05) is 24.4 Å². The number of nitrogens with one attached hydrogen (secondary N) is 2. The highest BCUT2D eigenvalue weighted by molar-refractivity contribution is 7.90. The Morgan fingerprint density at radius 3 is 2.71 bits per heavy atom. The van der Waals surface area contributed by atoms with Crippen LogP contribution < -0.4 is 14.8 Å². The van der Waals surface area contributed by atoms with Crippen LogP contribution in [-0.4, -0.2) is 44.8 Å². The highest BCUT2D eigenvalue weighted by Crippen LogP contribution is 2.24. The number of ether oxygens (including phenoxy) is 2. The van der Waals surface area contributed by atoms with E-state index in [0.29, 0.717) is 0 Å². The van der Waals surface area contributed by atoms with Crippen LogP contribution in [0, 0.1) is 0 Å². The Balaban J connectivity index is 2.63. The third kappa shape index (κ3) is 7.85. The Hall–Kier alpha value is -2.24. The summed E-state index contributed by atoms with van der Waals surface area (Å²) in [6.45, 7) is 0.854. The summed E-state index contributed by atoms with van der Waals surface area (Å²) < 4.78 is 70.6. The number of nitrogens with zero attached hydrogens (tertiary/aromatic N) is 1. The van der Waals surface area contributed by atoms with E-state index in [1.807, 2.05) is 0 Å². The maximum absolute atomic E-state index is 12.1. The fourth-order valence-corrected chi connectivity index (χ4v) is 2.12. The molecule has 0 saturated heterocycles. The van der Waals surface area contributed by atoms with Gasteiger partial charge in [-0.3, -0.25) is 0 Å². The van der Waals surface area contributed by atoms with Crippen molar-refractivity contribution in [2.45, 2.75) is 19.5 Å². The van der Waals surface area contributed by atoms with Crippen molar-refractivity contribution in [3.63, 3.8) is 0 Å². The Morgan fingerprint density at radius 2 is 2.08 bits per heavy atom. The lowest BCUT2D eigenvalue weighted by Gasteiger charge is -2.13. The molecular formula is C12H16F3N3O5S. The summed E-state index contributed by atoms with van der Waals surface area (Å²) in [6.07, 6.45) is -5.38. The standard InChI is InChI=1S/C12H16F3N3O5S/c1-2-22-11(19)18-24(20,21)8-17-10-9(4-3-6-16-10)23-7-5-12(13,14)15/h3-4,6H,2,5,7-8H2,1H3,(H,16,17)(H,18,19). The van der Waals surface area contributed by atoms with Crippen LogP contribution in [0.15, 0.2) is 18.3 Å². The van der Waals surface area contributed by atoms with E-state index >= 15 is 0 Å². The van der Waals surface area contributed by atoms with Gasteiger partial charge in [0.05, 0.1) is 19.6 Å². The summed E-state index contributed by atoms with van der Waals surface area (Å²) in [7, 11) is -4.07. The fraction of sp³-hybridized carbons (Fsp3) is 0.500. The van der Waals surface area contributed by atoms with Gasteiger partial charge in [0.1, 0.15) is 5.88 Å². The molecule has 0 aliphatic heterocycles. The molecule has 1 aromatic rings. The number of amides is 1. The highest BCUT2D eigenvalue weighted by atomic mass is 32.2. The normalized spacial score (nSPS) is 11.7. The molecule has 0 bridgehead atoms. The van der Waals surface area contributed by atoms with Gasteiger partial charge < -0.3 is 14.8 Å². The van der Waals surface area contributed by atoms with Gasteiger partial charge in [-0.1, -0.05) is 0 Å². The molecule has 0 atom stereocenters. The number of hydrogen-bond acceptors (Lipinski definition) is 7. The van der Waals surface area contributed by atoms with Gasteiger partial charge in [-0.05, 0) is 19.1 Å². The van der Waals surface area contributed by atoms with Gasteiger partial charge in [0.25, 0.3) is 10.0 Å². The number of rotatable bonds is 8. The van der Waals surface area contributed by atoms with E-state index < -0.39 is 41.2 Å². The number of aromatic nitrogens is 1. The molecule has 0 fully saturated rings. The highest BCUT2D eigenvalue weighted by Gasteiger charge is 2.27. The van der Waals surface area contributed by atoms with Crippen LogP contribution in [0.3, 0.4) is 0 Å². The second-order valence-corrected chi connectivity index (χ2v) is 6.04. The Kier molecular flexibility index (Phi) is 7.07. The Morgan fingerprint density at radius 1 is 1.38 bits per heavy atom. The first-order valence-corrected chi connectivity index (χ1v) is 8.34. The number of carbonyl (C=O) groups excluding carboxylic acids is 1. The van der Waals surface area contributed by atoms with Crippen molar-refractivity contribution in [3.05, 3.63) is 18.3 Å². The average molecular weight is 371 g/mol. The summed E-state index contributed by atoms with van der Waals surface area (Å²) in [6, 6.07) is 2.75. The fourth-order valence-electron chi connectivity index (χ4n) is 1.40. The van der Waals surface area contributed by atoms with Crippen molar-refractivity contribution < 1.29 is 35.9 Å². The van der Waals surface area contributed by atoms with E-state index in [0.717, 1.165) is 0 Å². The zero-order chi connectivity index (χ0) is 18.2. The van der Waals surface area contributed by atoms with Crippen LogP contribution in [0.25, 0.3) is 0 Å². The molecule has 12 heteroatoms. The van der Waals surface area contributed by atoms with Gasteiger partial charge in [-0.2, -0.15) is 13.2 Å². The van der Waals surface area contributed by atoms with Gasteiger partial charge in [0.15, 0.2) is 11.6 Å². The van der Waals surface area contributed by atoms with E-state index in [4.69, 9.17) is 4.74 Å². The molecule has 8 nitrogen and oxygen atoms in total. The predicted molar refractivity (Wildman–Crippen MR) is 78.0 cm³/mol. The second-order valence-electron chi connectivity index (χ2n) is 4.32. The molecule has 0 aliphatic carbocycles. The van der Waals surface area contributed by atoms with E-state index in [1.165, 1.54) is 25.3 Å². The molecule has 0 aliphatic rings. The molecule has 1 rings (SSSR count). The lowest BCUT2D eigenvalue weighted by atomic mass is 10.4. The largest absolute Gasteiger partial charge is 0.489 e. The summed E-state index contributed by atoms with van der Waals surface area (Å²) in [5.41, 5.74) is 0. The van der Waals surface area contributed by atoms with Crippen LogP contribution in [-0.2, 0) is 14.8 Å². The number of carbonyl (C=O) groups is 1. The molecule has 0 saturated carbocycles. The SMILES string of the molecule is CCOC(=O)NS(=O)(=O)CNc1ncccc1OCCC(F)(F)F. The number of halogens is 3. The predicted octanol–water partition coefficient (Wildman–Crippen LogP) is 1.86. The van der Waals surface area contributed by atoms with Gasteiger partial charge in [0, 0.05) is 6.20 Å². The molecule has 1 aromatic heterocycles. The van der Waals surface area contributed by atoms with Crippen molar-refractivity contribution in [1.82, 2.24) is 9.71 Å². The van der Waals surface area contributed by atoms with Crippen molar-refractivity contribution in [3.8, 4) is 5.75 Å². The lowest BCUT2D eigenvalue weighted by Crippen LogP contribution is -2.35. The smallest absolute Gasteiger partial charge is 0.420 e. The number of sulfonamides is 1. The van der Waals surface area contributed by atoms with Gasteiger partial charge in [-0.25, -0.2) is 22.9 Å². The first-order valence-electron chi connectivity index (χ1n) is 6.68. The Bertz CT molecular complexity index is 652. The molecule has 0 aromatic carbocycles. The molecule has 2 N–H and O–H groups in total. The minimum Gasteiger partial charge on any atom is -0.489 e. The van der Waals surface area contributed by atoms with Crippen molar-refractivity contribution in [1.29, 1.82) is 0 Å². The molecule has 0 spiro atoms. The minimum absolute atomic E-state index is 0.00772. The second kappa shape index (κ2) is 8.57. The van der Waals surface area contributed by atoms with Crippen LogP contribution >= 0.6 is 0 Å². The third-order valence-corrected chi connectivity index (χ3v) is 3.36. The van der Waals surface area contributed by atoms with Crippen LogP contribution in [0.4, 0.5) is 23.8 Å². The Labute approximate surface area is 136 Å². The van der Waals surface area contributed by atoms with E-state index in [-0.39, 0.29) is 18.2 Å². The average Bonchev–Trinajstić information content (AvgIpc) is 2.44. The molecular weight excluding hydrogens is 355 g/mol. The van der Waals surface area contributed by atoms with Gasteiger partial charge in [0.2, 0.25) is 0 Å². The monoisotopic (exact) mass is 371 g/mol. The zero-order valence-corrected chi connectivity index (χ0v) is 13.4. The summed E-state index contributed by atoms with van der Waals surface area (Å²) in [4.78, 5) is 14.9. The van der Waals surface area contributed by atoms with E-state index in [2.05, 4.69) is 15.0 Å². The lowest BCUT2D eigenvalue weighted by molar-refractivity contribution is -0.139. The van der Waals surface area contributed by atoms with E-state index in [9.17, 15) is 26.4 Å². The van der Waals surface area contributed by atoms with Crippen LogP contribution in [0.1, 0.15) is 13.3 Å². The summed E-state index contributed by atoms with van der Waals surface area (Å²) >= 11 is 0. The molecule has 0 unspecified atom stereocenters. The molecule has 136 valence electrons. The molecule has 1 heterocycles. The summed E-state index contributed by atoms with van der Waals surface area (Å²) in [5, 5.41) is 2.37. The third-order valence-electron chi connectivity index (χ3n) is 2.36. The van der Waals surface area contributed by atoms with Crippen LogP contribution in [0.2, 0.25) is 0 Å². The number of hydrogen-bond donors (Lipinski definition) is 2. The van der Waals surface area contributed by atoms with Crippen LogP contribution in [0.5, 0.6) is 5.75 Å². The van der Waals surface area contributed by atoms with Gasteiger partial charge >= 0.3 is 12.3 Å². The minimum atomic E-state index is -4.37. The number of pyridine rings is 1. The van der Waals surface area contributed by atoms with E-state index in [1.54, 1.807) is 4.72 Å². The first-order chi connectivity index (χ1) is 11.1.